The summed E-state index contributed by atoms with van der Waals surface area (Å²) in [5, 5.41) is 1.92. The molecule has 1 heterocycles. The number of nitrogens with zero attached hydrogens (tertiary/aromatic N) is 1. The predicted molar refractivity (Wildman–Crippen MR) is 118 cm³/mol. The van der Waals surface area contributed by atoms with Crippen molar-refractivity contribution < 1.29 is 22.4 Å². The highest BCUT2D eigenvalue weighted by molar-refractivity contribution is 7.90. The monoisotopic (exact) mass is 453 g/mol. The molecule has 1 saturated carbocycles. The van der Waals surface area contributed by atoms with Gasteiger partial charge in [0.1, 0.15) is 5.82 Å². The molecular formula is C22H32FN3O4S. The van der Waals surface area contributed by atoms with Gasteiger partial charge in [-0.3, -0.25) is 4.79 Å². The van der Waals surface area contributed by atoms with Gasteiger partial charge in [0, 0.05) is 24.7 Å². The lowest BCUT2D eigenvalue weighted by Gasteiger charge is -2.31. The lowest BCUT2D eigenvalue weighted by molar-refractivity contribution is -0.133. The number of likely N-dealkylation sites (tertiary alicyclic amines) is 1. The molecule has 172 valence electrons. The van der Waals surface area contributed by atoms with Gasteiger partial charge in [-0.05, 0) is 60.8 Å². The average Bonchev–Trinajstić information content (AvgIpc) is 3.53. The van der Waals surface area contributed by atoms with Gasteiger partial charge in [0.05, 0.1) is 5.25 Å². The van der Waals surface area contributed by atoms with Crippen LogP contribution < -0.4 is 10.0 Å². The number of nitrogens with one attached hydrogen (secondary N) is 2. The SMILES string of the molecule is CC(C)c1cc(F)cc(C(C)C)c1NC(=O)NS(=O)(=O)C1CCN(C(=O)C2CC2)CC1. The standard InChI is InChI=1S/C22H32FN3O4S/c1-13(2)18-11-16(23)12-19(14(3)4)20(18)24-22(28)25-31(29,30)17-7-9-26(10-8-17)21(27)15-5-6-15/h11-15,17H,5-10H2,1-4H3,(H2,24,25,28). The smallest absolute Gasteiger partial charge is 0.332 e. The Kier molecular flexibility index (Phi) is 6.93. The van der Waals surface area contributed by atoms with Gasteiger partial charge in [-0.25, -0.2) is 22.3 Å². The van der Waals surface area contributed by atoms with Gasteiger partial charge in [0.25, 0.3) is 0 Å². The minimum absolute atomic E-state index is 0.0616. The molecule has 0 aromatic heterocycles. The predicted octanol–water partition coefficient (Wildman–Crippen LogP) is 3.92. The Morgan fingerprint density at radius 3 is 1.97 bits per heavy atom. The Hall–Kier alpha value is -2.16. The van der Waals surface area contributed by atoms with Crippen LogP contribution in [0.4, 0.5) is 14.9 Å². The maximum Gasteiger partial charge on any atom is 0.332 e. The van der Waals surface area contributed by atoms with Crippen molar-refractivity contribution in [3.05, 3.63) is 29.1 Å². The fourth-order valence-electron chi connectivity index (χ4n) is 4.03. The van der Waals surface area contributed by atoms with Crippen LogP contribution in [0, 0.1) is 11.7 Å². The second-order valence-electron chi connectivity index (χ2n) is 9.17. The zero-order chi connectivity index (χ0) is 22.9. The van der Waals surface area contributed by atoms with Crippen LogP contribution >= 0.6 is 0 Å². The zero-order valence-electron chi connectivity index (χ0n) is 18.6. The van der Waals surface area contributed by atoms with Crippen molar-refractivity contribution in [2.45, 2.75) is 70.5 Å². The first kappa shape index (κ1) is 23.5. The Morgan fingerprint density at radius 1 is 1.00 bits per heavy atom. The van der Waals surface area contributed by atoms with Crippen LogP contribution in [-0.4, -0.2) is 43.6 Å². The lowest BCUT2D eigenvalue weighted by atomic mass is 9.92. The van der Waals surface area contributed by atoms with Crippen LogP contribution in [0.25, 0.3) is 0 Å². The van der Waals surface area contributed by atoms with E-state index in [0.29, 0.717) is 42.7 Å². The second-order valence-corrected chi connectivity index (χ2v) is 11.1. The first-order valence-electron chi connectivity index (χ1n) is 10.9. The van der Waals surface area contributed by atoms with E-state index in [1.165, 1.54) is 12.1 Å². The van der Waals surface area contributed by atoms with E-state index in [1.807, 2.05) is 27.7 Å². The zero-order valence-corrected chi connectivity index (χ0v) is 19.4. The van der Waals surface area contributed by atoms with Crippen molar-refractivity contribution in [3.8, 4) is 0 Å². The average molecular weight is 454 g/mol. The summed E-state index contributed by atoms with van der Waals surface area (Å²) in [5.41, 5.74) is 1.68. The van der Waals surface area contributed by atoms with Crippen LogP contribution in [0.1, 0.15) is 76.3 Å². The summed E-state index contributed by atoms with van der Waals surface area (Å²) in [5.74, 6) is -0.293. The summed E-state index contributed by atoms with van der Waals surface area (Å²) in [7, 11) is -3.90. The molecule has 2 N–H and O–H groups in total. The third kappa shape index (κ3) is 5.56. The highest BCUT2D eigenvalue weighted by Gasteiger charge is 2.38. The fourth-order valence-corrected chi connectivity index (χ4v) is 5.34. The molecule has 1 aliphatic heterocycles. The molecule has 1 aromatic rings. The first-order valence-corrected chi connectivity index (χ1v) is 12.5. The van der Waals surface area contributed by atoms with Crippen LogP contribution in [-0.2, 0) is 14.8 Å². The number of sulfonamides is 1. The van der Waals surface area contributed by atoms with Gasteiger partial charge in [0.15, 0.2) is 0 Å². The molecule has 7 nitrogen and oxygen atoms in total. The van der Waals surface area contributed by atoms with Gasteiger partial charge in [0.2, 0.25) is 15.9 Å². The van der Waals surface area contributed by atoms with E-state index in [0.717, 1.165) is 12.8 Å². The molecule has 0 spiro atoms. The van der Waals surface area contributed by atoms with E-state index >= 15 is 0 Å². The molecule has 0 bridgehead atoms. The number of halogens is 1. The van der Waals surface area contributed by atoms with Gasteiger partial charge in [-0.1, -0.05) is 27.7 Å². The molecule has 3 rings (SSSR count). The Bertz CT molecular complexity index is 920. The van der Waals surface area contributed by atoms with Gasteiger partial charge in [-0.2, -0.15) is 0 Å². The molecule has 3 amide bonds. The van der Waals surface area contributed by atoms with E-state index in [1.54, 1.807) is 4.90 Å². The van der Waals surface area contributed by atoms with Crippen LogP contribution in [0.15, 0.2) is 12.1 Å². The maximum atomic E-state index is 14.1. The number of hydrogen-bond donors (Lipinski definition) is 2. The van der Waals surface area contributed by atoms with Crippen molar-refractivity contribution in [1.29, 1.82) is 0 Å². The third-order valence-corrected chi connectivity index (χ3v) is 7.82. The molecule has 1 aromatic carbocycles. The van der Waals surface area contributed by atoms with Crippen molar-refractivity contribution >= 4 is 27.6 Å². The van der Waals surface area contributed by atoms with E-state index in [2.05, 4.69) is 10.0 Å². The first-order chi connectivity index (χ1) is 14.5. The Morgan fingerprint density at radius 2 is 1.52 bits per heavy atom. The van der Waals surface area contributed by atoms with Crippen molar-refractivity contribution in [1.82, 2.24) is 9.62 Å². The number of carbonyl (C=O) groups is 2. The molecule has 0 atom stereocenters. The van der Waals surface area contributed by atoms with E-state index < -0.39 is 27.1 Å². The van der Waals surface area contributed by atoms with Gasteiger partial charge in [-0.15, -0.1) is 0 Å². The van der Waals surface area contributed by atoms with Gasteiger partial charge < -0.3 is 10.2 Å². The highest BCUT2D eigenvalue weighted by atomic mass is 32.2. The minimum Gasteiger partial charge on any atom is -0.342 e. The highest BCUT2D eigenvalue weighted by Crippen LogP contribution is 2.34. The van der Waals surface area contributed by atoms with E-state index in [4.69, 9.17) is 0 Å². The lowest BCUT2D eigenvalue weighted by Crippen LogP contribution is -2.47. The number of piperidine rings is 1. The van der Waals surface area contributed by atoms with E-state index in [9.17, 15) is 22.4 Å². The molecule has 1 aliphatic carbocycles. The van der Waals surface area contributed by atoms with Crippen LogP contribution in [0.2, 0.25) is 0 Å². The Labute approximate surface area is 183 Å². The quantitative estimate of drug-likeness (QED) is 0.682. The number of rotatable bonds is 6. The molecular weight excluding hydrogens is 421 g/mol. The van der Waals surface area contributed by atoms with E-state index in [-0.39, 0.29) is 23.7 Å². The largest absolute Gasteiger partial charge is 0.342 e. The maximum absolute atomic E-state index is 14.1. The summed E-state index contributed by atoms with van der Waals surface area (Å²) < 4.78 is 41.7. The van der Waals surface area contributed by atoms with Crippen molar-refractivity contribution in [3.63, 3.8) is 0 Å². The van der Waals surface area contributed by atoms with Crippen molar-refractivity contribution in [2.75, 3.05) is 18.4 Å². The number of carbonyl (C=O) groups excluding carboxylic acids is 2. The number of benzene rings is 1. The molecule has 0 radical (unpaired) electrons. The molecule has 2 fully saturated rings. The number of anilines is 1. The topological polar surface area (TPSA) is 95.6 Å². The summed E-state index contributed by atoms with van der Waals surface area (Å²) in [6.45, 7) is 8.31. The van der Waals surface area contributed by atoms with Crippen molar-refractivity contribution in [2.24, 2.45) is 5.92 Å². The minimum atomic E-state index is -3.90. The summed E-state index contributed by atoms with van der Waals surface area (Å²) in [6, 6.07) is 1.88. The number of hydrogen-bond acceptors (Lipinski definition) is 4. The number of amides is 3. The molecule has 0 unspecified atom stereocenters. The molecule has 1 saturated heterocycles. The summed E-state index contributed by atoms with van der Waals surface area (Å²) in [6.07, 6.45) is 2.43. The van der Waals surface area contributed by atoms with Crippen LogP contribution in [0.5, 0.6) is 0 Å². The summed E-state index contributed by atoms with van der Waals surface area (Å²) >= 11 is 0. The fraction of sp³-hybridized carbons (Fsp3) is 0.636. The molecule has 9 heteroatoms. The number of urea groups is 1. The van der Waals surface area contributed by atoms with Crippen LogP contribution in [0.3, 0.4) is 0 Å². The summed E-state index contributed by atoms with van der Waals surface area (Å²) in [4.78, 5) is 26.5. The Balaban J connectivity index is 1.68. The van der Waals surface area contributed by atoms with Gasteiger partial charge >= 0.3 is 6.03 Å². The third-order valence-electron chi connectivity index (χ3n) is 6.00. The normalized spacial score (nSPS) is 17.8. The second kappa shape index (κ2) is 9.14. The molecule has 2 aliphatic rings. The molecule has 31 heavy (non-hydrogen) atoms.